The topological polar surface area (TPSA) is 12.0 Å². The highest BCUT2D eigenvalue weighted by Gasteiger charge is 2.26. The van der Waals surface area contributed by atoms with Crippen molar-refractivity contribution in [3.8, 4) is 0 Å². The summed E-state index contributed by atoms with van der Waals surface area (Å²) in [7, 11) is 0. The summed E-state index contributed by atoms with van der Waals surface area (Å²) in [5, 5.41) is 3.68. The Morgan fingerprint density at radius 1 is 1.26 bits per heavy atom. The van der Waals surface area contributed by atoms with E-state index in [4.69, 9.17) is 0 Å². The van der Waals surface area contributed by atoms with Crippen molar-refractivity contribution >= 4 is 5.69 Å². The van der Waals surface area contributed by atoms with Gasteiger partial charge in [-0.1, -0.05) is 49.1 Å². The molecule has 1 saturated carbocycles. The van der Waals surface area contributed by atoms with Gasteiger partial charge in [0.05, 0.1) is 6.04 Å². The van der Waals surface area contributed by atoms with Crippen molar-refractivity contribution in [1.82, 2.24) is 0 Å². The quantitative estimate of drug-likeness (QED) is 0.748. The van der Waals surface area contributed by atoms with Gasteiger partial charge in [-0.2, -0.15) is 0 Å². The Kier molecular flexibility index (Phi) is 5.02. The van der Waals surface area contributed by atoms with E-state index in [1.807, 2.05) is 6.08 Å². The van der Waals surface area contributed by atoms with Crippen LogP contribution in [-0.2, 0) is 0 Å². The molecule has 0 radical (unpaired) electrons. The minimum Gasteiger partial charge on any atom is -0.378 e. The van der Waals surface area contributed by atoms with Crippen molar-refractivity contribution in [2.24, 2.45) is 5.92 Å². The van der Waals surface area contributed by atoms with Crippen LogP contribution in [0.25, 0.3) is 0 Å². The molecule has 0 bridgehead atoms. The third-order valence-corrected chi connectivity index (χ3v) is 3.70. The standard InChI is InChI=1S/C18H23N/c1-3-9-15-11-8-12-16(10-4-2)18(15)19-17-13-6-5-7-14-17/h3-7,9-10,13-14,16,18-19H,1,8,11-12H2,2H3/b10-4+,15-9+. The number of allylic oxidation sites excluding steroid dienone is 3. The summed E-state index contributed by atoms with van der Waals surface area (Å²) >= 11 is 0. The van der Waals surface area contributed by atoms with E-state index in [2.05, 4.69) is 67.4 Å². The number of benzene rings is 1. The predicted molar refractivity (Wildman–Crippen MR) is 84.3 cm³/mol. The Hall–Kier alpha value is -1.76. The van der Waals surface area contributed by atoms with Gasteiger partial charge < -0.3 is 5.32 Å². The molecule has 1 aliphatic carbocycles. The maximum Gasteiger partial charge on any atom is 0.0539 e. The molecule has 1 nitrogen and oxygen atoms in total. The molecule has 0 amide bonds. The fourth-order valence-electron chi connectivity index (χ4n) is 2.85. The van der Waals surface area contributed by atoms with Crippen LogP contribution in [0.1, 0.15) is 26.2 Å². The Morgan fingerprint density at radius 3 is 2.74 bits per heavy atom. The first-order valence-corrected chi connectivity index (χ1v) is 7.11. The van der Waals surface area contributed by atoms with E-state index in [1.54, 1.807) is 0 Å². The van der Waals surface area contributed by atoms with E-state index >= 15 is 0 Å². The zero-order chi connectivity index (χ0) is 13.5. The molecule has 1 aliphatic rings. The third-order valence-electron chi connectivity index (χ3n) is 3.70. The van der Waals surface area contributed by atoms with Crippen LogP contribution in [0.15, 0.2) is 66.8 Å². The maximum absolute atomic E-state index is 3.85. The van der Waals surface area contributed by atoms with Crippen LogP contribution < -0.4 is 5.32 Å². The van der Waals surface area contributed by atoms with Gasteiger partial charge in [0.15, 0.2) is 0 Å². The summed E-state index contributed by atoms with van der Waals surface area (Å²) in [6.45, 7) is 5.95. The minimum absolute atomic E-state index is 0.394. The fraction of sp³-hybridized carbons (Fsp3) is 0.333. The zero-order valence-electron chi connectivity index (χ0n) is 11.7. The molecule has 0 aliphatic heterocycles. The Bertz CT molecular complexity index is 456. The number of para-hydroxylation sites is 1. The van der Waals surface area contributed by atoms with Crippen molar-refractivity contribution in [1.29, 1.82) is 0 Å². The SMILES string of the molecule is C=C/C=C1\CCCC(/C=C/C)C1Nc1ccccc1. The molecule has 0 aromatic heterocycles. The van der Waals surface area contributed by atoms with Gasteiger partial charge in [-0.25, -0.2) is 0 Å². The lowest BCUT2D eigenvalue weighted by Crippen LogP contribution is -2.33. The fourth-order valence-corrected chi connectivity index (χ4v) is 2.85. The molecule has 100 valence electrons. The van der Waals surface area contributed by atoms with E-state index in [0.29, 0.717) is 12.0 Å². The Morgan fingerprint density at radius 2 is 2.05 bits per heavy atom. The first-order valence-electron chi connectivity index (χ1n) is 7.11. The third kappa shape index (κ3) is 3.60. The molecular weight excluding hydrogens is 230 g/mol. The monoisotopic (exact) mass is 253 g/mol. The van der Waals surface area contributed by atoms with Crippen LogP contribution in [0.3, 0.4) is 0 Å². The van der Waals surface area contributed by atoms with Crippen LogP contribution in [0.2, 0.25) is 0 Å². The van der Waals surface area contributed by atoms with Gasteiger partial charge in [-0.05, 0) is 43.9 Å². The van der Waals surface area contributed by atoms with Gasteiger partial charge in [0.25, 0.3) is 0 Å². The lowest BCUT2D eigenvalue weighted by molar-refractivity contribution is 0.457. The van der Waals surface area contributed by atoms with E-state index in [9.17, 15) is 0 Å². The van der Waals surface area contributed by atoms with Crippen LogP contribution >= 0.6 is 0 Å². The molecule has 1 heteroatoms. The number of rotatable bonds is 4. The molecule has 2 rings (SSSR count). The highest BCUT2D eigenvalue weighted by Crippen LogP contribution is 2.32. The number of anilines is 1. The Balaban J connectivity index is 2.22. The van der Waals surface area contributed by atoms with Crippen molar-refractivity contribution in [2.75, 3.05) is 5.32 Å². The lowest BCUT2D eigenvalue weighted by Gasteiger charge is -2.33. The molecule has 0 spiro atoms. The summed E-state index contributed by atoms with van der Waals surface area (Å²) in [6.07, 6.45) is 12.3. The zero-order valence-corrected chi connectivity index (χ0v) is 11.7. The highest BCUT2D eigenvalue weighted by atomic mass is 14.9. The summed E-state index contributed by atoms with van der Waals surface area (Å²) in [5.74, 6) is 0.574. The second kappa shape index (κ2) is 6.98. The van der Waals surface area contributed by atoms with Gasteiger partial charge in [-0.15, -0.1) is 0 Å². The van der Waals surface area contributed by atoms with Crippen LogP contribution in [0, 0.1) is 5.92 Å². The average molecular weight is 253 g/mol. The van der Waals surface area contributed by atoms with Crippen molar-refractivity contribution < 1.29 is 0 Å². The van der Waals surface area contributed by atoms with Crippen molar-refractivity contribution in [2.45, 2.75) is 32.2 Å². The van der Waals surface area contributed by atoms with E-state index < -0.39 is 0 Å². The molecule has 2 atom stereocenters. The van der Waals surface area contributed by atoms with Crippen LogP contribution in [0.5, 0.6) is 0 Å². The highest BCUT2D eigenvalue weighted by molar-refractivity contribution is 5.46. The van der Waals surface area contributed by atoms with Gasteiger partial charge in [0, 0.05) is 11.6 Å². The molecule has 19 heavy (non-hydrogen) atoms. The Labute approximate surface area is 116 Å². The van der Waals surface area contributed by atoms with Crippen molar-refractivity contribution in [3.63, 3.8) is 0 Å². The second-order valence-electron chi connectivity index (χ2n) is 5.05. The lowest BCUT2D eigenvalue weighted by atomic mass is 9.80. The second-order valence-corrected chi connectivity index (χ2v) is 5.05. The largest absolute Gasteiger partial charge is 0.378 e. The summed E-state index contributed by atoms with van der Waals surface area (Å²) in [5.41, 5.74) is 2.66. The normalized spacial score (nSPS) is 25.6. The van der Waals surface area contributed by atoms with Crippen molar-refractivity contribution in [3.05, 3.63) is 66.8 Å². The molecule has 1 aromatic carbocycles. The van der Waals surface area contributed by atoms with E-state index in [-0.39, 0.29) is 0 Å². The number of nitrogens with one attached hydrogen (secondary N) is 1. The maximum atomic E-state index is 3.85. The number of hydrogen-bond donors (Lipinski definition) is 1. The minimum atomic E-state index is 0.394. The van der Waals surface area contributed by atoms with Gasteiger partial charge in [-0.3, -0.25) is 0 Å². The number of hydrogen-bond acceptors (Lipinski definition) is 1. The van der Waals surface area contributed by atoms with Gasteiger partial charge >= 0.3 is 0 Å². The van der Waals surface area contributed by atoms with Crippen LogP contribution in [0.4, 0.5) is 5.69 Å². The molecule has 2 unspecified atom stereocenters. The molecule has 0 heterocycles. The first-order chi connectivity index (χ1) is 9.35. The van der Waals surface area contributed by atoms with Gasteiger partial charge in [0.2, 0.25) is 0 Å². The average Bonchev–Trinajstić information content (AvgIpc) is 2.44. The molecule has 1 aromatic rings. The molecule has 0 saturated heterocycles. The van der Waals surface area contributed by atoms with Gasteiger partial charge in [0.1, 0.15) is 0 Å². The molecule has 1 fully saturated rings. The molecular formula is C18H23N. The summed E-state index contributed by atoms with van der Waals surface area (Å²) in [6, 6.07) is 10.9. The predicted octanol–water partition coefficient (Wildman–Crippen LogP) is 4.96. The summed E-state index contributed by atoms with van der Waals surface area (Å²) < 4.78 is 0. The van der Waals surface area contributed by atoms with E-state index in [1.165, 1.54) is 30.5 Å². The van der Waals surface area contributed by atoms with Crippen LogP contribution in [-0.4, -0.2) is 6.04 Å². The first kappa shape index (κ1) is 13.7. The summed E-state index contributed by atoms with van der Waals surface area (Å²) in [4.78, 5) is 0. The smallest absolute Gasteiger partial charge is 0.0539 e. The molecule has 1 N–H and O–H groups in total. The van der Waals surface area contributed by atoms with E-state index in [0.717, 1.165) is 0 Å².